The second kappa shape index (κ2) is 7.88. The monoisotopic (exact) mass is 341 g/mol. The molecule has 1 fully saturated rings. The summed E-state index contributed by atoms with van der Waals surface area (Å²) in [5.41, 5.74) is 0.423. The van der Waals surface area contributed by atoms with Gasteiger partial charge in [0.2, 0.25) is 0 Å². The average molecular weight is 342 g/mol. The van der Waals surface area contributed by atoms with Crippen molar-refractivity contribution in [1.82, 2.24) is 4.90 Å². The molecule has 0 unspecified atom stereocenters. The normalized spacial score (nSPS) is 14.9. The summed E-state index contributed by atoms with van der Waals surface area (Å²) in [5, 5.41) is 0.427. The van der Waals surface area contributed by atoms with Crippen LogP contribution in [0, 0.1) is 0 Å². The van der Waals surface area contributed by atoms with E-state index >= 15 is 0 Å². The Labute approximate surface area is 141 Å². The molecule has 0 saturated heterocycles. The van der Waals surface area contributed by atoms with Crippen LogP contribution in [0.3, 0.4) is 0 Å². The maximum Gasteiger partial charge on any atom is 0.325 e. The van der Waals surface area contributed by atoms with Gasteiger partial charge < -0.3 is 9.64 Å². The Hall–Kier alpha value is -1.20. The third kappa shape index (κ3) is 3.96. The molecule has 0 atom stereocenters. The molecule has 0 spiro atoms. The Balaban J connectivity index is 2.25. The highest BCUT2D eigenvalue weighted by molar-refractivity contribution is 7.80. The Morgan fingerprint density at radius 3 is 2.68 bits per heavy atom. The van der Waals surface area contributed by atoms with Gasteiger partial charge in [0.15, 0.2) is 0 Å². The summed E-state index contributed by atoms with van der Waals surface area (Å²) < 4.78 is 4.99. The first-order chi connectivity index (χ1) is 10.5. The number of ether oxygens (including phenoxy) is 1. The largest absolute Gasteiger partial charge is 0.465 e. The van der Waals surface area contributed by atoms with Gasteiger partial charge in [-0.1, -0.05) is 30.5 Å². The van der Waals surface area contributed by atoms with E-state index in [1.165, 1.54) is 0 Å². The zero-order valence-electron chi connectivity index (χ0n) is 12.5. The van der Waals surface area contributed by atoms with Gasteiger partial charge in [0.25, 0.3) is 5.91 Å². The number of carbonyl (C=O) groups excluding carboxylic acids is 2. The van der Waals surface area contributed by atoms with Crippen molar-refractivity contribution in [2.45, 2.75) is 43.5 Å². The molecule has 0 bridgehead atoms. The Morgan fingerprint density at radius 2 is 2.05 bits per heavy atom. The van der Waals surface area contributed by atoms with Crippen molar-refractivity contribution in [3.05, 3.63) is 28.8 Å². The van der Waals surface area contributed by atoms with Gasteiger partial charge in [0, 0.05) is 10.9 Å². The Morgan fingerprint density at radius 1 is 1.36 bits per heavy atom. The van der Waals surface area contributed by atoms with E-state index in [1.54, 1.807) is 30.0 Å². The number of carbonyl (C=O) groups is 2. The molecule has 0 radical (unpaired) electrons. The summed E-state index contributed by atoms with van der Waals surface area (Å²) in [5.74, 6) is -0.599. The van der Waals surface area contributed by atoms with E-state index < -0.39 is 0 Å². The van der Waals surface area contributed by atoms with E-state index in [2.05, 4.69) is 12.6 Å². The van der Waals surface area contributed by atoms with Gasteiger partial charge in [0.1, 0.15) is 6.54 Å². The summed E-state index contributed by atoms with van der Waals surface area (Å²) in [4.78, 5) is 26.7. The van der Waals surface area contributed by atoms with E-state index in [4.69, 9.17) is 16.3 Å². The average Bonchev–Trinajstić information content (AvgIpc) is 3.01. The number of amides is 1. The number of thiol groups is 1. The van der Waals surface area contributed by atoms with Crippen LogP contribution >= 0.6 is 24.2 Å². The third-order valence-corrected chi connectivity index (χ3v) is 4.78. The predicted molar refractivity (Wildman–Crippen MR) is 88.6 cm³/mol. The molecule has 120 valence electrons. The third-order valence-electron chi connectivity index (χ3n) is 3.85. The van der Waals surface area contributed by atoms with Crippen molar-refractivity contribution in [3.63, 3.8) is 0 Å². The van der Waals surface area contributed by atoms with Crippen molar-refractivity contribution < 1.29 is 14.3 Å². The molecule has 0 N–H and O–H groups in total. The zero-order chi connectivity index (χ0) is 16.1. The van der Waals surface area contributed by atoms with Gasteiger partial charge in [0.05, 0.1) is 17.2 Å². The molecule has 1 aliphatic carbocycles. The number of hydrogen-bond acceptors (Lipinski definition) is 4. The van der Waals surface area contributed by atoms with Crippen LogP contribution < -0.4 is 0 Å². The number of halogens is 1. The smallest absolute Gasteiger partial charge is 0.325 e. The molecule has 2 rings (SSSR count). The van der Waals surface area contributed by atoms with Crippen LogP contribution in [0.1, 0.15) is 43.0 Å². The van der Waals surface area contributed by atoms with Crippen molar-refractivity contribution >= 4 is 36.1 Å². The minimum Gasteiger partial charge on any atom is -0.465 e. The number of rotatable bonds is 5. The molecular weight excluding hydrogens is 322 g/mol. The van der Waals surface area contributed by atoms with Crippen molar-refractivity contribution in [2.24, 2.45) is 0 Å². The highest BCUT2D eigenvalue weighted by atomic mass is 35.5. The molecule has 0 aliphatic heterocycles. The second-order valence-corrected chi connectivity index (χ2v) is 6.17. The van der Waals surface area contributed by atoms with Crippen LogP contribution in [0.4, 0.5) is 0 Å². The molecule has 1 saturated carbocycles. The van der Waals surface area contributed by atoms with Crippen LogP contribution in [-0.4, -0.2) is 36.0 Å². The van der Waals surface area contributed by atoms with E-state index in [0.29, 0.717) is 22.1 Å². The van der Waals surface area contributed by atoms with E-state index in [-0.39, 0.29) is 24.5 Å². The van der Waals surface area contributed by atoms with Crippen molar-refractivity contribution in [1.29, 1.82) is 0 Å². The molecule has 0 heterocycles. The first kappa shape index (κ1) is 17.2. The lowest BCUT2D eigenvalue weighted by Gasteiger charge is -2.28. The van der Waals surface area contributed by atoms with Crippen molar-refractivity contribution in [2.75, 3.05) is 13.2 Å². The number of esters is 1. The van der Waals surface area contributed by atoms with E-state index in [0.717, 1.165) is 25.7 Å². The molecule has 6 heteroatoms. The zero-order valence-corrected chi connectivity index (χ0v) is 14.2. The molecule has 4 nitrogen and oxygen atoms in total. The van der Waals surface area contributed by atoms with Gasteiger partial charge >= 0.3 is 5.97 Å². The fraction of sp³-hybridized carbons (Fsp3) is 0.500. The number of benzene rings is 1. The molecule has 22 heavy (non-hydrogen) atoms. The summed E-state index contributed by atoms with van der Waals surface area (Å²) in [7, 11) is 0. The lowest BCUT2D eigenvalue weighted by atomic mass is 10.1. The van der Waals surface area contributed by atoms with Gasteiger partial charge in [-0.3, -0.25) is 9.59 Å². The Kier molecular flexibility index (Phi) is 6.15. The fourth-order valence-corrected chi connectivity index (χ4v) is 3.19. The highest BCUT2D eigenvalue weighted by Gasteiger charge is 2.30. The Bertz CT molecular complexity index is 558. The molecule has 1 aromatic rings. The van der Waals surface area contributed by atoms with Crippen LogP contribution in [-0.2, 0) is 9.53 Å². The van der Waals surface area contributed by atoms with Crippen LogP contribution in [0.2, 0.25) is 5.02 Å². The highest BCUT2D eigenvalue weighted by Crippen LogP contribution is 2.29. The van der Waals surface area contributed by atoms with Crippen LogP contribution in [0.5, 0.6) is 0 Å². The van der Waals surface area contributed by atoms with Gasteiger partial charge in [-0.05, 0) is 31.9 Å². The number of hydrogen-bond donors (Lipinski definition) is 1. The lowest BCUT2D eigenvalue weighted by Crippen LogP contribution is -2.43. The van der Waals surface area contributed by atoms with E-state index in [1.807, 2.05) is 0 Å². The fourth-order valence-electron chi connectivity index (χ4n) is 2.77. The van der Waals surface area contributed by atoms with Crippen molar-refractivity contribution in [3.8, 4) is 0 Å². The van der Waals surface area contributed by atoms with Crippen LogP contribution in [0.15, 0.2) is 23.1 Å². The number of nitrogens with zero attached hydrogens (tertiary/aromatic N) is 1. The van der Waals surface area contributed by atoms with Crippen LogP contribution in [0.25, 0.3) is 0 Å². The predicted octanol–water partition coefficient (Wildman–Crippen LogP) is 3.58. The second-order valence-electron chi connectivity index (χ2n) is 5.31. The topological polar surface area (TPSA) is 46.6 Å². The first-order valence-electron chi connectivity index (χ1n) is 7.48. The minimum atomic E-state index is -0.384. The molecule has 1 aliphatic rings. The lowest BCUT2D eigenvalue weighted by molar-refractivity contribution is -0.144. The summed E-state index contributed by atoms with van der Waals surface area (Å²) in [6.07, 6.45) is 3.96. The van der Waals surface area contributed by atoms with Gasteiger partial charge in [-0.25, -0.2) is 0 Å². The molecule has 0 aromatic heterocycles. The maximum absolute atomic E-state index is 12.9. The quantitative estimate of drug-likeness (QED) is 0.657. The minimum absolute atomic E-state index is 0.0307. The summed E-state index contributed by atoms with van der Waals surface area (Å²) >= 11 is 10.4. The van der Waals surface area contributed by atoms with Gasteiger partial charge in [-0.2, -0.15) is 0 Å². The molecular formula is C16H20ClNO3S. The maximum atomic E-state index is 12.9. The summed E-state index contributed by atoms with van der Waals surface area (Å²) in [6, 6.07) is 5.16. The molecule has 1 aromatic carbocycles. The standard InChI is InChI=1S/C16H20ClNO3S/c1-2-21-14(19)10-18(11-6-3-4-7-11)16(20)12-8-5-9-13(17)15(12)22/h5,8-9,11,22H,2-4,6-7,10H2,1H3. The summed E-state index contributed by atoms with van der Waals surface area (Å²) in [6.45, 7) is 2.03. The SMILES string of the molecule is CCOC(=O)CN(C(=O)c1cccc(Cl)c1S)C1CCCC1. The first-order valence-corrected chi connectivity index (χ1v) is 8.31. The van der Waals surface area contributed by atoms with E-state index in [9.17, 15) is 9.59 Å². The van der Waals surface area contributed by atoms with Gasteiger partial charge in [-0.15, -0.1) is 12.6 Å². The molecule has 1 amide bonds.